The summed E-state index contributed by atoms with van der Waals surface area (Å²) in [6, 6.07) is 0. The summed E-state index contributed by atoms with van der Waals surface area (Å²) in [6.45, 7) is 0. The minimum atomic E-state index is -1.81. The van der Waals surface area contributed by atoms with Crippen LogP contribution >= 0.6 is 0 Å². The number of carbonyl (C=O) groups is 1. The van der Waals surface area contributed by atoms with Crippen LogP contribution in [0.15, 0.2) is 0 Å². The fraction of sp³-hybridized carbons (Fsp3) is 0.833. The van der Waals surface area contributed by atoms with Gasteiger partial charge in [-0.2, -0.15) is 0 Å². The molecule has 1 heterocycles. The van der Waals surface area contributed by atoms with E-state index in [1.54, 1.807) is 0 Å². The van der Waals surface area contributed by atoms with E-state index in [0.29, 0.717) is 0 Å². The molecule has 8 heteroatoms. The maximum absolute atomic E-state index is 10.4. The van der Waals surface area contributed by atoms with E-state index in [9.17, 15) is 4.79 Å². The first kappa shape index (κ1) is 14.9. The summed E-state index contributed by atoms with van der Waals surface area (Å²) in [7, 11) is 0. The Kier molecular flexibility index (Phi) is 6.22. The Balaban J connectivity index is 0. The van der Waals surface area contributed by atoms with Gasteiger partial charge in [-0.15, -0.1) is 0 Å². The Labute approximate surface area is 123 Å². The third-order valence-corrected chi connectivity index (χ3v) is 1.83. The average Bonchev–Trinajstić information content (AvgIpc) is 2.07. The van der Waals surface area contributed by atoms with Crippen molar-refractivity contribution in [3.8, 4) is 0 Å². The molecule has 0 aliphatic carbocycles. The second-order valence-electron chi connectivity index (χ2n) is 2.76. The Morgan fingerprint density at radius 1 is 1.07 bits per heavy atom. The molecule has 0 saturated carbocycles. The van der Waals surface area contributed by atoms with Crippen molar-refractivity contribution in [1.29, 1.82) is 0 Å². The predicted molar refractivity (Wildman–Crippen MR) is 37.6 cm³/mol. The van der Waals surface area contributed by atoms with Crippen molar-refractivity contribution < 1.29 is 87.9 Å². The molecule has 5 N–H and O–H groups in total. The molecule has 14 heavy (non-hydrogen) atoms. The maximum Gasteiger partial charge on any atom is 1.00 e. The van der Waals surface area contributed by atoms with Gasteiger partial charge in [0.1, 0.15) is 18.3 Å². The summed E-state index contributed by atoms with van der Waals surface area (Å²) >= 11 is 0. The van der Waals surface area contributed by atoms with Crippen molar-refractivity contribution in [2.45, 2.75) is 30.7 Å². The van der Waals surface area contributed by atoms with E-state index in [1.165, 1.54) is 0 Å². The number of aliphatic hydroxyl groups is 4. The van der Waals surface area contributed by atoms with Crippen LogP contribution in [0.2, 0.25) is 0 Å². The molecule has 0 amide bonds. The number of hydrogen-bond acceptors (Lipinski definition) is 6. The van der Waals surface area contributed by atoms with Gasteiger partial charge in [-0.3, -0.25) is 0 Å². The summed E-state index contributed by atoms with van der Waals surface area (Å²) in [5, 5.41) is 44.4. The van der Waals surface area contributed by atoms with Crippen LogP contribution in [0.5, 0.6) is 0 Å². The molecule has 1 rings (SSSR count). The van der Waals surface area contributed by atoms with E-state index in [2.05, 4.69) is 4.74 Å². The van der Waals surface area contributed by atoms with Gasteiger partial charge in [0.15, 0.2) is 12.4 Å². The minimum absolute atomic E-state index is 0. The van der Waals surface area contributed by atoms with E-state index in [0.717, 1.165) is 0 Å². The van der Waals surface area contributed by atoms with Crippen LogP contribution in [0.1, 0.15) is 1.43 Å². The second kappa shape index (κ2) is 5.85. The average molecular weight is 234 g/mol. The van der Waals surface area contributed by atoms with Crippen molar-refractivity contribution in [3.63, 3.8) is 0 Å². The molecule has 1 aliphatic rings. The zero-order valence-corrected chi connectivity index (χ0v) is 10.6. The van der Waals surface area contributed by atoms with Crippen LogP contribution in [-0.4, -0.2) is 62.2 Å². The SMILES string of the molecule is O=C(O)[C@H]1O[C@@H](O)[C@H](O)[C@@H](O)[C@@H]1O.[H-].[K+]. The number of aliphatic hydroxyl groups excluding tert-OH is 4. The molecule has 0 aromatic carbocycles. The standard InChI is InChI=1S/C6H10O7.K.H/c7-1-2(8)4(5(10)11)13-6(12)3(1)9;;/h1-4,6-9,12H,(H,10,11);;/q;+1;-1/t1-,2-,3+,4-,6+;;/m0../s1. The van der Waals surface area contributed by atoms with Crippen molar-refractivity contribution >= 4 is 5.97 Å². The summed E-state index contributed by atoms with van der Waals surface area (Å²) < 4.78 is 4.34. The van der Waals surface area contributed by atoms with Gasteiger partial charge in [-0.25, -0.2) is 4.79 Å². The Hall–Kier alpha value is 0.906. The van der Waals surface area contributed by atoms with Crippen LogP contribution in [-0.2, 0) is 9.53 Å². The Bertz CT molecular complexity index is 216. The molecule has 1 aliphatic heterocycles. The predicted octanol–water partition coefficient (Wildman–Crippen LogP) is -6.01. The van der Waals surface area contributed by atoms with Crippen LogP contribution < -0.4 is 51.4 Å². The Morgan fingerprint density at radius 2 is 1.57 bits per heavy atom. The van der Waals surface area contributed by atoms with E-state index < -0.39 is 36.7 Å². The van der Waals surface area contributed by atoms with Gasteiger partial charge in [0, 0.05) is 0 Å². The third-order valence-electron chi connectivity index (χ3n) is 1.83. The number of aliphatic carboxylic acids is 1. The van der Waals surface area contributed by atoms with E-state index in [4.69, 9.17) is 25.5 Å². The molecule has 78 valence electrons. The van der Waals surface area contributed by atoms with Crippen LogP contribution in [0.25, 0.3) is 0 Å². The summed E-state index contributed by atoms with van der Waals surface area (Å²) in [4.78, 5) is 10.4. The zero-order valence-electron chi connectivity index (χ0n) is 8.44. The fourth-order valence-electron chi connectivity index (χ4n) is 1.07. The maximum atomic E-state index is 10.4. The molecule has 5 atom stereocenters. The van der Waals surface area contributed by atoms with E-state index >= 15 is 0 Å². The number of ether oxygens (including phenoxy) is 1. The zero-order chi connectivity index (χ0) is 10.2. The van der Waals surface area contributed by atoms with E-state index in [1.807, 2.05) is 0 Å². The molecule has 0 bridgehead atoms. The van der Waals surface area contributed by atoms with Gasteiger partial charge in [0.25, 0.3) is 0 Å². The normalized spacial score (nSPS) is 42.7. The number of carboxylic acids is 1. The fourth-order valence-corrected chi connectivity index (χ4v) is 1.07. The minimum Gasteiger partial charge on any atom is -1.00 e. The topological polar surface area (TPSA) is 127 Å². The van der Waals surface area contributed by atoms with E-state index in [-0.39, 0.29) is 52.8 Å². The molecule has 0 radical (unpaired) electrons. The monoisotopic (exact) mass is 234 g/mol. The molecule has 0 unspecified atom stereocenters. The van der Waals surface area contributed by atoms with Gasteiger partial charge in [-0.1, -0.05) is 0 Å². The molecular formula is C6H11KO7. The quantitative estimate of drug-likeness (QED) is 0.286. The molecule has 7 nitrogen and oxygen atoms in total. The van der Waals surface area contributed by atoms with Crippen molar-refractivity contribution in [2.75, 3.05) is 0 Å². The first-order valence-electron chi connectivity index (χ1n) is 3.55. The summed E-state index contributed by atoms with van der Waals surface area (Å²) in [5.41, 5.74) is 0. The third kappa shape index (κ3) is 2.95. The van der Waals surface area contributed by atoms with Crippen LogP contribution in [0.4, 0.5) is 0 Å². The Morgan fingerprint density at radius 3 is 2.00 bits per heavy atom. The van der Waals surface area contributed by atoms with Crippen LogP contribution in [0, 0.1) is 0 Å². The second-order valence-corrected chi connectivity index (χ2v) is 2.76. The molecule has 1 fully saturated rings. The van der Waals surface area contributed by atoms with Gasteiger partial charge in [0.2, 0.25) is 0 Å². The summed E-state index contributed by atoms with van der Waals surface area (Å²) in [5.74, 6) is -1.52. The van der Waals surface area contributed by atoms with Crippen LogP contribution in [0.3, 0.4) is 0 Å². The largest absolute Gasteiger partial charge is 1.00 e. The van der Waals surface area contributed by atoms with Gasteiger partial charge in [0.05, 0.1) is 0 Å². The van der Waals surface area contributed by atoms with Gasteiger partial charge >= 0.3 is 57.4 Å². The molecular weight excluding hydrogens is 223 g/mol. The van der Waals surface area contributed by atoms with Crippen molar-refractivity contribution in [1.82, 2.24) is 0 Å². The first-order chi connectivity index (χ1) is 5.95. The molecule has 1 saturated heterocycles. The molecule has 0 spiro atoms. The number of rotatable bonds is 1. The smallest absolute Gasteiger partial charge is 1.00 e. The van der Waals surface area contributed by atoms with Gasteiger partial charge < -0.3 is 31.7 Å². The molecule has 0 aromatic rings. The number of carboxylic acid groups (broad SMARTS) is 1. The van der Waals surface area contributed by atoms with Gasteiger partial charge in [-0.05, 0) is 0 Å². The van der Waals surface area contributed by atoms with Crippen molar-refractivity contribution in [3.05, 3.63) is 0 Å². The van der Waals surface area contributed by atoms with Crippen molar-refractivity contribution in [2.24, 2.45) is 0 Å². The summed E-state index contributed by atoms with van der Waals surface area (Å²) in [6.07, 6.45) is -8.72. The molecule has 0 aromatic heterocycles. The first-order valence-corrected chi connectivity index (χ1v) is 3.55. The number of hydrogen-bond donors (Lipinski definition) is 5.